The van der Waals surface area contributed by atoms with Crippen molar-refractivity contribution in [3.8, 4) is 0 Å². The summed E-state index contributed by atoms with van der Waals surface area (Å²) < 4.78 is 0. The van der Waals surface area contributed by atoms with E-state index in [4.69, 9.17) is 23.2 Å². The summed E-state index contributed by atoms with van der Waals surface area (Å²) in [7, 11) is 1.60. The van der Waals surface area contributed by atoms with Gasteiger partial charge in [0.15, 0.2) is 0 Å². The van der Waals surface area contributed by atoms with Gasteiger partial charge in [-0.05, 0) is 19.9 Å². The van der Waals surface area contributed by atoms with E-state index in [2.05, 4.69) is 4.98 Å². The highest BCUT2D eigenvalue weighted by atomic mass is 35.5. The van der Waals surface area contributed by atoms with Crippen molar-refractivity contribution in [2.45, 2.75) is 19.4 Å². The average Bonchev–Trinajstić information content (AvgIpc) is 2.43. The van der Waals surface area contributed by atoms with Crippen LogP contribution in [0.4, 0.5) is 0 Å². The Morgan fingerprint density at radius 1 is 1.56 bits per heavy atom. The van der Waals surface area contributed by atoms with Crippen LogP contribution in [-0.4, -0.2) is 40.1 Å². The Balaban J connectivity index is 2.78. The number of nitrogens with zero attached hydrogens (tertiary/aromatic N) is 1. The molecule has 0 aromatic carbocycles. The van der Waals surface area contributed by atoms with Crippen molar-refractivity contribution in [3.05, 3.63) is 21.9 Å². The molecule has 0 unspecified atom stereocenters. The van der Waals surface area contributed by atoms with Crippen molar-refractivity contribution in [3.63, 3.8) is 0 Å². The first-order valence-electron chi connectivity index (χ1n) is 4.72. The van der Waals surface area contributed by atoms with E-state index in [1.165, 1.54) is 11.0 Å². The standard InChI is InChI=1S/C10H14Cl2N2O2/c1-10(2,16)5-14(3)9(15)7-4-6(11)8(12)13-7/h4,13,16H,5H2,1-3H3. The second-order valence-corrected chi connectivity index (χ2v) is 5.10. The Morgan fingerprint density at radius 3 is 2.50 bits per heavy atom. The van der Waals surface area contributed by atoms with Crippen LogP contribution in [0.2, 0.25) is 10.2 Å². The van der Waals surface area contributed by atoms with Crippen molar-refractivity contribution in [1.82, 2.24) is 9.88 Å². The number of aliphatic hydroxyl groups is 1. The molecule has 1 aromatic rings. The number of H-pyrrole nitrogens is 1. The molecule has 2 N–H and O–H groups in total. The molecule has 6 heteroatoms. The summed E-state index contributed by atoms with van der Waals surface area (Å²) in [6.45, 7) is 3.48. The quantitative estimate of drug-likeness (QED) is 0.879. The summed E-state index contributed by atoms with van der Waals surface area (Å²) in [6, 6.07) is 1.47. The Kier molecular flexibility index (Phi) is 3.88. The van der Waals surface area contributed by atoms with Gasteiger partial charge in [0.2, 0.25) is 0 Å². The second kappa shape index (κ2) is 4.65. The molecular weight excluding hydrogens is 251 g/mol. The van der Waals surface area contributed by atoms with Crippen LogP contribution in [0.15, 0.2) is 6.07 Å². The monoisotopic (exact) mass is 264 g/mol. The summed E-state index contributed by atoms with van der Waals surface area (Å²) >= 11 is 11.4. The molecule has 1 aromatic heterocycles. The molecule has 0 radical (unpaired) electrons. The Bertz CT molecular complexity index is 377. The minimum absolute atomic E-state index is 0.222. The molecule has 0 bridgehead atoms. The van der Waals surface area contributed by atoms with Crippen LogP contribution in [0.5, 0.6) is 0 Å². The van der Waals surface area contributed by atoms with Crippen LogP contribution in [-0.2, 0) is 0 Å². The predicted molar refractivity (Wildman–Crippen MR) is 64.1 cm³/mol. The van der Waals surface area contributed by atoms with Crippen LogP contribution in [0, 0.1) is 0 Å². The molecule has 1 amide bonds. The van der Waals surface area contributed by atoms with Crippen molar-refractivity contribution >= 4 is 29.1 Å². The summed E-state index contributed by atoms with van der Waals surface area (Å²) in [5, 5.41) is 10.1. The third-order valence-electron chi connectivity index (χ3n) is 1.93. The van der Waals surface area contributed by atoms with Gasteiger partial charge in [-0.15, -0.1) is 0 Å². The first-order valence-corrected chi connectivity index (χ1v) is 5.48. The zero-order valence-corrected chi connectivity index (χ0v) is 10.9. The SMILES string of the molecule is CN(CC(C)(C)O)C(=O)c1cc(Cl)c(Cl)[nH]1. The maximum Gasteiger partial charge on any atom is 0.270 e. The predicted octanol–water partition coefficient (Wildman–Crippen LogP) is 2.16. The fourth-order valence-corrected chi connectivity index (χ4v) is 1.69. The fraction of sp³-hybridized carbons (Fsp3) is 0.500. The van der Waals surface area contributed by atoms with Crippen molar-refractivity contribution in [2.24, 2.45) is 0 Å². The number of amides is 1. The van der Waals surface area contributed by atoms with Gasteiger partial charge in [-0.25, -0.2) is 0 Å². The molecule has 16 heavy (non-hydrogen) atoms. The number of likely N-dealkylation sites (N-methyl/N-ethyl adjacent to an activating group) is 1. The summed E-state index contributed by atoms with van der Waals surface area (Å²) in [5.74, 6) is -0.268. The molecule has 0 fully saturated rings. The molecule has 90 valence electrons. The van der Waals surface area contributed by atoms with Gasteiger partial charge in [-0.3, -0.25) is 4.79 Å². The fourth-order valence-electron chi connectivity index (χ4n) is 1.38. The van der Waals surface area contributed by atoms with E-state index in [1.54, 1.807) is 20.9 Å². The molecule has 1 rings (SSSR count). The number of carbonyl (C=O) groups is 1. The number of nitrogens with one attached hydrogen (secondary N) is 1. The normalized spacial score (nSPS) is 11.6. The first kappa shape index (κ1) is 13.4. The lowest BCUT2D eigenvalue weighted by atomic mass is 10.1. The zero-order chi connectivity index (χ0) is 12.5. The van der Waals surface area contributed by atoms with E-state index in [9.17, 15) is 9.90 Å². The molecule has 4 nitrogen and oxygen atoms in total. The van der Waals surface area contributed by atoms with Crippen molar-refractivity contribution < 1.29 is 9.90 Å². The highest BCUT2D eigenvalue weighted by molar-refractivity contribution is 6.41. The van der Waals surface area contributed by atoms with E-state index in [0.29, 0.717) is 10.7 Å². The van der Waals surface area contributed by atoms with Gasteiger partial charge in [0.1, 0.15) is 10.8 Å². The largest absolute Gasteiger partial charge is 0.389 e. The van der Waals surface area contributed by atoms with Crippen LogP contribution in [0.3, 0.4) is 0 Å². The molecule has 0 aliphatic rings. The molecule has 0 aliphatic carbocycles. The van der Waals surface area contributed by atoms with Gasteiger partial charge < -0.3 is 15.0 Å². The number of rotatable bonds is 3. The van der Waals surface area contributed by atoms with Gasteiger partial charge >= 0.3 is 0 Å². The van der Waals surface area contributed by atoms with Gasteiger partial charge in [0.25, 0.3) is 5.91 Å². The number of carbonyl (C=O) groups excluding carboxylic acids is 1. The van der Waals surface area contributed by atoms with Crippen LogP contribution in [0.25, 0.3) is 0 Å². The lowest BCUT2D eigenvalue weighted by Crippen LogP contribution is -2.39. The highest BCUT2D eigenvalue weighted by Gasteiger charge is 2.21. The van der Waals surface area contributed by atoms with Crippen LogP contribution in [0.1, 0.15) is 24.3 Å². The third-order valence-corrected chi connectivity index (χ3v) is 2.62. The van der Waals surface area contributed by atoms with E-state index < -0.39 is 5.60 Å². The van der Waals surface area contributed by atoms with Crippen LogP contribution < -0.4 is 0 Å². The molecule has 0 spiro atoms. The zero-order valence-electron chi connectivity index (χ0n) is 9.34. The average molecular weight is 265 g/mol. The maximum atomic E-state index is 11.9. The first-order chi connectivity index (χ1) is 7.20. The van der Waals surface area contributed by atoms with Crippen LogP contribution >= 0.6 is 23.2 Å². The maximum absolute atomic E-state index is 11.9. The smallest absolute Gasteiger partial charge is 0.270 e. The number of aromatic nitrogens is 1. The lowest BCUT2D eigenvalue weighted by Gasteiger charge is -2.25. The highest BCUT2D eigenvalue weighted by Crippen LogP contribution is 2.22. The number of halogens is 2. The Morgan fingerprint density at radius 2 is 2.12 bits per heavy atom. The van der Waals surface area contributed by atoms with Gasteiger partial charge in [0.05, 0.1) is 10.6 Å². The lowest BCUT2D eigenvalue weighted by molar-refractivity contribution is 0.0365. The van der Waals surface area contributed by atoms with Crippen molar-refractivity contribution in [1.29, 1.82) is 0 Å². The minimum atomic E-state index is -0.940. The van der Waals surface area contributed by atoms with Gasteiger partial charge in [-0.1, -0.05) is 23.2 Å². The van der Waals surface area contributed by atoms with Gasteiger partial charge in [-0.2, -0.15) is 0 Å². The molecular formula is C10H14Cl2N2O2. The van der Waals surface area contributed by atoms with Crippen molar-refractivity contribution in [2.75, 3.05) is 13.6 Å². The Labute approximate surface area is 104 Å². The third kappa shape index (κ3) is 3.40. The van der Waals surface area contributed by atoms with E-state index >= 15 is 0 Å². The molecule has 0 saturated carbocycles. The number of hydrogen-bond acceptors (Lipinski definition) is 2. The number of hydrogen-bond donors (Lipinski definition) is 2. The summed E-state index contributed by atoms with van der Waals surface area (Å²) in [6.07, 6.45) is 0. The van der Waals surface area contributed by atoms with E-state index in [0.717, 1.165) is 0 Å². The molecule has 0 saturated heterocycles. The van der Waals surface area contributed by atoms with E-state index in [-0.39, 0.29) is 17.6 Å². The summed E-state index contributed by atoms with van der Waals surface area (Å²) in [5.41, 5.74) is -0.633. The molecule has 1 heterocycles. The topological polar surface area (TPSA) is 56.3 Å². The van der Waals surface area contributed by atoms with E-state index in [1.807, 2.05) is 0 Å². The minimum Gasteiger partial charge on any atom is -0.389 e. The number of aromatic amines is 1. The second-order valence-electron chi connectivity index (χ2n) is 4.32. The summed E-state index contributed by atoms with van der Waals surface area (Å²) in [4.78, 5) is 15.9. The molecule has 0 atom stereocenters. The molecule has 0 aliphatic heterocycles. The Hall–Kier alpha value is -0.710. The van der Waals surface area contributed by atoms with Gasteiger partial charge in [0, 0.05) is 13.6 Å².